The molecule has 0 atom stereocenters. The molecule has 1 aliphatic rings. The Balaban J connectivity index is 1.86. The van der Waals surface area contributed by atoms with Crippen molar-refractivity contribution in [2.45, 2.75) is 19.8 Å². The van der Waals surface area contributed by atoms with Crippen molar-refractivity contribution >= 4 is 39.3 Å². The van der Waals surface area contributed by atoms with Crippen molar-refractivity contribution in [1.29, 1.82) is 0 Å². The average molecular weight is 379 g/mol. The highest BCUT2D eigenvalue weighted by Gasteiger charge is 2.28. The lowest BCUT2D eigenvalue weighted by molar-refractivity contribution is -0.142. The molecule has 0 radical (unpaired) electrons. The van der Waals surface area contributed by atoms with Gasteiger partial charge in [-0.05, 0) is 25.3 Å². The molecule has 0 bridgehead atoms. The number of aliphatic carboxylic acids is 1. The zero-order valence-electron chi connectivity index (χ0n) is 14.7. The average Bonchev–Trinajstić information content (AvgIpc) is 2.99. The van der Waals surface area contributed by atoms with Gasteiger partial charge in [0.05, 0.1) is 17.9 Å². The van der Waals surface area contributed by atoms with Crippen molar-refractivity contribution in [3.8, 4) is 0 Å². The summed E-state index contributed by atoms with van der Waals surface area (Å²) < 4.78 is 10.1. The number of carboxylic acid groups (broad SMARTS) is 1. The molecule has 0 aliphatic carbocycles. The molecule has 0 unspecified atom stereocenters. The predicted molar refractivity (Wildman–Crippen MR) is 96.9 cm³/mol. The van der Waals surface area contributed by atoms with Crippen molar-refractivity contribution in [3.05, 3.63) is 16.8 Å². The van der Waals surface area contributed by atoms with Gasteiger partial charge in [-0.1, -0.05) is 0 Å². The quantitative estimate of drug-likeness (QED) is 0.601. The molecule has 1 aliphatic heterocycles. The summed E-state index contributed by atoms with van der Waals surface area (Å²) in [6.07, 6.45) is 2.64. The zero-order chi connectivity index (χ0) is 18.7. The maximum Gasteiger partial charge on any atom is 0.348 e. The third-order valence-electron chi connectivity index (χ3n) is 4.56. The van der Waals surface area contributed by atoms with E-state index in [0.717, 1.165) is 21.6 Å². The normalized spacial score (nSPS) is 15.4. The number of fused-ring (bicyclic) bond motifs is 1. The van der Waals surface area contributed by atoms with E-state index in [9.17, 15) is 9.59 Å². The lowest BCUT2D eigenvalue weighted by atomic mass is 9.97. The molecule has 0 saturated carbocycles. The number of aromatic nitrogens is 2. The molecule has 3 heterocycles. The van der Waals surface area contributed by atoms with E-state index in [1.165, 1.54) is 17.7 Å². The number of carbonyl (C=O) groups is 2. The van der Waals surface area contributed by atoms with Gasteiger partial charge in [0.2, 0.25) is 0 Å². The molecular weight excluding hydrogens is 358 g/mol. The van der Waals surface area contributed by atoms with Crippen LogP contribution in [0.2, 0.25) is 0 Å². The second kappa shape index (κ2) is 7.96. The van der Waals surface area contributed by atoms with Crippen LogP contribution < -0.4 is 4.90 Å². The minimum atomic E-state index is -0.745. The molecular formula is C17H21N3O5S. The summed E-state index contributed by atoms with van der Waals surface area (Å²) in [6.45, 7) is 3.64. The summed E-state index contributed by atoms with van der Waals surface area (Å²) in [6, 6.07) is 0. The van der Waals surface area contributed by atoms with Gasteiger partial charge in [-0.2, -0.15) is 0 Å². The molecule has 0 amide bonds. The van der Waals surface area contributed by atoms with Crippen molar-refractivity contribution in [2.24, 2.45) is 5.92 Å². The van der Waals surface area contributed by atoms with Crippen LogP contribution in [0.15, 0.2) is 6.33 Å². The number of methoxy groups -OCH3 is 1. The van der Waals surface area contributed by atoms with Crippen molar-refractivity contribution in [3.63, 3.8) is 0 Å². The molecule has 8 nitrogen and oxygen atoms in total. The Bertz CT molecular complexity index is 814. The van der Waals surface area contributed by atoms with Crippen molar-refractivity contribution in [1.82, 2.24) is 9.97 Å². The summed E-state index contributed by atoms with van der Waals surface area (Å²) in [5.41, 5.74) is 0.795. The van der Waals surface area contributed by atoms with Crippen LogP contribution in [0.4, 0.5) is 5.82 Å². The lowest BCUT2D eigenvalue weighted by Crippen LogP contribution is -2.36. The fourth-order valence-electron chi connectivity index (χ4n) is 3.11. The van der Waals surface area contributed by atoms with Crippen LogP contribution in [-0.2, 0) is 14.3 Å². The van der Waals surface area contributed by atoms with Crippen LogP contribution in [0.3, 0.4) is 0 Å². The van der Waals surface area contributed by atoms with E-state index >= 15 is 0 Å². The number of hydrogen-bond acceptors (Lipinski definition) is 8. The van der Waals surface area contributed by atoms with E-state index in [2.05, 4.69) is 14.9 Å². The van der Waals surface area contributed by atoms with Gasteiger partial charge in [0.15, 0.2) is 0 Å². The van der Waals surface area contributed by atoms with Crippen molar-refractivity contribution in [2.75, 3.05) is 38.3 Å². The van der Waals surface area contributed by atoms with Gasteiger partial charge < -0.3 is 19.5 Å². The van der Waals surface area contributed by atoms with Gasteiger partial charge in [-0.3, -0.25) is 4.79 Å². The van der Waals surface area contributed by atoms with Crippen LogP contribution in [0.5, 0.6) is 0 Å². The minimum Gasteiger partial charge on any atom is -0.481 e. The highest BCUT2D eigenvalue weighted by Crippen LogP contribution is 2.36. The number of piperidine rings is 1. The number of ether oxygens (including phenoxy) is 2. The van der Waals surface area contributed by atoms with E-state index in [-0.39, 0.29) is 12.5 Å². The fourth-order valence-corrected chi connectivity index (χ4v) is 4.15. The fraction of sp³-hybridized carbons (Fsp3) is 0.529. The van der Waals surface area contributed by atoms with E-state index in [1.54, 1.807) is 7.11 Å². The first-order chi connectivity index (χ1) is 12.5. The maximum atomic E-state index is 12.3. The summed E-state index contributed by atoms with van der Waals surface area (Å²) >= 11 is 1.29. The number of rotatable bonds is 6. The van der Waals surface area contributed by atoms with Gasteiger partial charge in [0, 0.05) is 20.2 Å². The number of carbonyl (C=O) groups excluding carboxylic acids is 1. The van der Waals surface area contributed by atoms with Gasteiger partial charge in [-0.15, -0.1) is 11.3 Å². The number of hydrogen-bond donors (Lipinski definition) is 1. The molecule has 1 saturated heterocycles. The number of nitrogens with zero attached hydrogens (tertiary/aromatic N) is 3. The summed E-state index contributed by atoms with van der Waals surface area (Å²) in [5, 5.41) is 10.00. The monoisotopic (exact) mass is 379 g/mol. The van der Waals surface area contributed by atoms with Gasteiger partial charge in [0.1, 0.15) is 28.5 Å². The smallest absolute Gasteiger partial charge is 0.348 e. The van der Waals surface area contributed by atoms with Gasteiger partial charge in [-0.25, -0.2) is 14.8 Å². The Morgan fingerprint density at radius 2 is 2.04 bits per heavy atom. The van der Waals surface area contributed by atoms with Gasteiger partial charge in [0.25, 0.3) is 0 Å². The summed E-state index contributed by atoms with van der Waals surface area (Å²) in [7, 11) is 1.55. The van der Waals surface area contributed by atoms with Crippen LogP contribution in [0.25, 0.3) is 10.2 Å². The maximum absolute atomic E-state index is 12.3. The largest absolute Gasteiger partial charge is 0.481 e. The van der Waals surface area contributed by atoms with Crippen molar-refractivity contribution < 1.29 is 24.2 Å². The topological polar surface area (TPSA) is 102 Å². The Hall–Kier alpha value is -2.26. The van der Waals surface area contributed by atoms with Crippen LogP contribution >= 0.6 is 11.3 Å². The molecule has 2 aromatic rings. The Labute approximate surface area is 154 Å². The van der Waals surface area contributed by atoms with E-state index < -0.39 is 11.9 Å². The number of esters is 1. The molecule has 1 fully saturated rings. The molecule has 0 spiro atoms. The zero-order valence-corrected chi connectivity index (χ0v) is 15.5. The first-order valence-corrected chi connectivity index (χ1v) is 9.22. The number of aryl methyl sites for hydroxylation is 1. The molecule has 0 aromatic carbocycles. The number of thiophene rings is 1. The number of carboxylic acids is 1. The molecule has 3 rings (SSSR count). The Morgan fingerprint density at radius 1 is 1.31 bits per heavy atom. The Morgan fingerprint density at radius 3 is 2.69 bits per heavy atom. The lowest BCUT2D eigenvalue weighted by Gasteiger charge is -2.31. The van der Waals surface area contributed by atoms with Gasteiger partial charge >= 0.3 is 11.9 Å². The van der Waals surface area contributed by atoms with Crippen LogP contribution in [0, 0.1) is 12.8 Å². The third kappa shape index (κ3) is 3.63. The predicted octanol–water partition coefficient (Wildman–Crippen LogP) is 2.10. The molecule has 9 heteroatoms. The number of anilines is 1. The Kier molecular flexibility index (Phi) is 5.67. The first-order valence-electron chi connectivity index (χ1n) is 8.40. The molecule has 26 heavy (non-hydrogen) atoms. The van der Waals surface area contributed by atoms with E-state index in [1.807, 2.05) is 6.92 Å². The molecule has 140 valence electrons. The highest BCUT2D eigenvalue weighted by atomic mass is 32.1. The second-order valence-corrected chi connectivity index (χ2v) is 7.16. The molecule has 2 aromatic heterocycles. The molecule has 1 N–H and O–H groups in total. The SMILES string of the molecule is COCCOC(=O)c1sc2ncnc(N3CCC(C(=O)O)CC3)c2c1C. The van der Waals surface area contributed by atoms with Crippen LogP contribution in [0.1, 0.15) is 28.1 Å². The standard InChI is InChI=1S/C17H21N3O5S/c1-10-12-14(20-5-3-11(4-6-20)16(21)22)18-9-19-15(12)26-13(10)17(23)25-8-7-24-2/h9,11H,3-8H2,1-2H3,(H,21,22). The first kappa shape index (κ1) is 18.5. The van der Waals surface area contributed by atoms with E-state index in [0.29, 0.717) is 37.4 Å². The second-order valence-electron chi connectivity index (χ2n) is 6.16. The highest BCUT2D eigenvalue weighted by molar-refractivity contribution is 7.20. The summed E-state index contributed by atoms with van der Waals surface area (Å²) in [4.78, 5) is 35.5. The minimum absolute atomic E-state index is 0.199. The van der Waals surface area contributed by atoms with E-state index in [4.69, 9.17) is 14.6 Å². The van der Waals surface area contributed by atoms with Crippen LogP contribution in [-0.4, -0.2) is 60.4 Å². The third-order valence-corrected chi connectivity index (χ3v) is 5.74. The summed E-state index contributed by atoms with van der Waals surface area (Å²) in [5.74, 6) is -0.689.